The molecule has 1 rings (SSSR count). The average molecular weight is 327 g/mol. The van der Waals surface area contributed by atoms with Gasteiger partial charge >= 0.3 is 6.18 Å². The molecule has 17 heavy (non-hydrogen) atoms. The molecule has 0 spiro atoms. The Morgan fingerprint density at radius 3 is 2.29 bits per heavy atom. The maximum absolute atomic E-state index is 12.4. The van der Waals surface area contributed by atoms with Crippen LogP contribution in [-0.2, 0) is 16.0 Å². The Morgan fingerprint density at radius 2 is 1.82 bits per heavy atom. The Kier molecular flexibility index (Phi) is 3.89. The lowest BCUT2D eigenvalue weighted by Crippen LogP contribution is -2.05. The summed E-state index contributed by atoms with van der Waals surface area (Å²) in [6, 6.07) is 3.00. The van der Waals surface area contributed by atoms with Crippen LogP contribution in [0.5, 0.6) is 0 Å². The van der Waals surface area contributed by atoms with Crippen LogP contribution in [0.25, 0.3) is 0 Å². The largest absolute Gasteiger partial charge is 0.416 e. The zero-order chi connectivity index (χ0) is 13.3. The molecule has 0 aromatic heterocycles. The van der Waals surface area contributed by atoms with Gasteiger partial charge in [-0.05, 0) is 24.1 Å². The van der Waals surface area contributed by atoms with E-state index in [1.165, 1.54) is 6.07 Å². The highest BCUT2D eigenvalue weighted by atomic mass is 79.9. The topological polar surface area (TPSA) is 34.1 Å². The molecular formula is C10H6BrF3O2S. The van der Waals surface area contributed by atoms with Gasteiger partial charge in [0.15, 0.2) is 0 Å². The van der Waals surface area contributed by atoms with Crippen molar-refractivity contribution in [3.8, 4) is 11.2 Å². The third-order valence-electron chi connectivity index (χ3n) is 1.61. The minimum atomic E-state index is -4.49. The first-order chi connectivity index (χ1) is 7.58. The minimum Gasteiger partial charge on any atom is -0.216 e. The fraction of sp³-hybridized carbons (Fsp3) is 0.200. The first kappa shape index (κ1) is 14.1. The van der Waals surface area contributed by atoms with Gasteiger partial charge in [-0.15, -0.1) is 0 Å². The summed E-state index contributed by atoms with van der Waals surface area (Å²) in [6.45, 7) is 0. The molecule has 0 unspecified atom stereocenters. The zero-order valence-corrected chi connectivity index (χ0v) is 10.9. The molecule has 0 aliphatic heterocycles. The first-order valence-electron chi connectivity index (χ1n) is 4.18. The number of hydrogen-bond donors (Lipinski definition) is 0. The molecule has 1 aromatic rings. The second-order valence-corrected chi connectivity index (χ2v) is 5.89. The summed E-state index contributed by atoms with van der Waals surface area (Å²) < 4.78 is 59.0. The van der Waals surface area contributed by atoms with Gasteiger partial charge in [0.1, 0.15) is 0 Å². The summed E-state index contributed by atoms with van der Waals surface area (Å²) in [6.07, 6.45) is -3.62. The number of sulfone groups is 1. The van der Waals surface area contributed by atoms with E-state index in [-0.39, 0.29) is 10.0 Å². The highest BCUT2D eigenvalue weighted by molar-refractivity contribution is 9.10. The molecule has 2 nitrogen and oxygen atoms in total. The second-order valence-electron chi connectivity index (χ2n) is 3.23. The predicted molar refractivity (Wildman–Crippen MR) is 60.9 cm³/mol. The van der Waals surface area contributed by atoms with E-state index in [1.807, 2.05) is 5.25 Å². The average Bonchev–Trinajstić information content (AvgIpc) is 2.11. The summed E-state index contributed by atoms with van der Waals surface area (Å²) in [5, 5.41) is 1.88. The number of rotatable bonds is 0. The van der Waals surface area contributed by atoms with Crippen molar-refractivity contribution in [2.45, 2.75) is 6.18 Å². The third kappa shape index (κ3) is 4.79. The van der Waals surface area contributed by atoms with Gasteiger partial charge in [0.25, 0.3) is 0 Å². The molecule has 0 atom stereocenters. The molecular weight excluding hydrogens is 321 g/mol. The van der Waals surface area contributed by atoms with Crippen LogP contribution in [0.15, 0.2) is 22.7 Å². The normalized spacial score (nSPS) is 11.8. The van der Waals surface area contributed by atoms with Crippen molar-refractivity contribution < 1.29 is 21.6 Å². The van der Waals surface area contributed by atoms with Gasteiger partial charge in [-0.2, -0.15) is 13.2 Å². The Morgan fingerprint density at radius 1 is 1.24 bits per heavy atom. The Labute approximate surface area is 105 Å². The summed E-state index contributed by atoms with van der Waals surface area (Å²) in [7, 11) is -3.54. The van der Waals surface area contributed by atoms with Crippen molar-refractivity contribution in [2.75, 3.05) is 6.26 Å². The lowest BCUT2D eigenvalue weighted by atomic mass is 10.1. The van der Waals surface area contributed by atoms with Crippen LogP contribution in [0.4, 0.5) is 13.2 Å². The summed E-state index contributed by atoms with van der Waals surface area (Å²) in [4.78, 5) is 0. The van der Waals surface area contributed by atoms with Crippen molar-refractivity contribution in [3.05, 3.63) is 33.8 Å². The molecule has 0 amide bonds. The molecule has 1 aromatic carbocycles. The van der Waals surface area contributed by atoms with Crippen molar-refractivity contribution in [2.24, 2.45) is 0 Å². The van der Waals surface area contributed by atoms with Gasteiger partial charge in [0, 0.05) is 15.3 Å². The lowest BCUT2D eigenvalue weighted by Gasteiger charge is -2.07. The number of alkyl halides is 3. The smallest absolute Gasteiger partial charge is 0.216 e. The fourth-order valence-corrected chi connectivity index (χ4v) is 1.77. The van der Waals surface area contributed by atoms with E-state index in [9.17, 15) is 21.6 Å². The van der Waals surface area contributed by atoms with E-state index in [4.69, 9.17) is 0 Å². The van der Waals surface area contributed by atoms with Crippen molar-refractivity contribution in [1.82, 2.24) is 0 Å². The summed E-state index contributed by atoms with van der Waals surface area (Å²) in [5.41, 5.74) is -0.901. The van der Waals surface area contributed by atoms with Gasteiger partial charge in [0.2, 0.25) is 9.84 Å². The zero-order valence-electron chi connectivity index (χ0n) is 8.47. The van der Waals surface area contributed by atoms with Gasteiger partial charge in [-0.1, -0.05) is 15.9 Å². The van der Waals surface area contributed by atoms with Crippen LogP contribution >= 0.6 is 15.9 Å². The second kappa shape index (κ2) is 4.70. The van der Waals surface area contributed by atoms with E-state index in [2.05, 4.69) is 21.9 Å². The van der Waals surface area contributed by atoms with Crippen LogP contribution in [0.1, 0.15) is 11.1 Å². The Bertz CT molecular complexity index is 594. The molecule has 0 saturated carbocycles. The molecule has 0 aliphatic rings. The monoisotopic (exact) mass is 326 g/mol. The van der Waals surface area contributed by atoms with E-state index in [0.717, 1.165) is 18.4 Å². The lowest BCUT2D eigenvalue weighted by molar-refractivity contribution is -0.137. The molecule has 92 valence electrons. The van der Waals surface area contributed by atoms with Crippen LogP contribution in [0, 0.1) is 11.2 Å². The van der Waals surface area contributed by atoms with E-state index in [1.54, 1.807) is 0 Å². The maximum Gasteiger partial charge on any atom is 0.416 e. The summed E-state index contributed by atoms with van der Waals surface area (Å²) >= 11 is 2.91. The summed E-state index contributed by atoms with van der Waals surface area (Å²) in [5.74, 6) is 2.17. The molecule has 0 N–H and O–H groups in total. The highest BCUT2D eigenvalue weighted by Gasteiger charge is 2.30. The molecule has 0 aliphatic carbocycles. The van der Waals surface area contributed by atoms with Crippen LogP contribution in [-0.4, -0.2) is 14.7 Å². The van der Waals surface area contributed by atoms with E-state index < -0.39 is 21.6 Å². The van der Waals surface area contributed by atoms with Gasteiger partial charge in [0.05, 0.1) is 11.8 Å². The van der Waals surface area contributed by atoms with Crippen molar-refractivity contribution in [3.63, 3.8) is 0 Å². The number of halogens is 4. The maximum atomic E-state index is 12.4. The predicted octanol–water partition coefficient (Wildman–Crippen LogP) is 2.82. The first-order valence-corrected chi connectivity index (χ1v) is 6.87. The Balaban J connectivity index is 3.28. The van der Waals surface area contributed by atoms with Crippen LogP contribution in [0.2, 0.25) is 0 Å². The van der Waals surface area contributed by atoms with Crippen LogP contribution in [0.3, 0.4) is 0 Å². The van der Waals surface area contributed by atoms with Gasteiger partial charge in [-0.3, -0.25) is 0 Å². The van der Waals surface area contributed by atoms with Crippen LogP contribution < -0.4 is 0 Å². The fourth-order valence-electron chi connectivity index (χ4n) is 0.977. The van der Waals surface area contributed by atoms with Crippen molar-refractivity contribution in [1.29, 1.82) is 0 Å². The quantitative estimate of drug-likeness (QED) is 0.687. The highest BCUT2D eigenvalue weighted by Crippen LogP contribution is 2.31. The number of hydrogen-bond acceptors (Lipinski definition) is 2. The van der Waals surface area contributed by atoms with Gasteiger partial charge in [-0.25, -0.2) is 8.42 Å². The molecule has 0 radical (unpaired) electrons. The SMILES string of the molecule is CS(=O)(=O)C#Cc1cc(Br)cc(C(F)(F)F)c1. The molecule has 0 heterocycles. The third-order valence-corrected chi connectivity index (χ3v) is 2.54. The van der Waals surface area contributed by atoms with E-state index >= 15 is 0 Å². The van der Waals surface area contributed by atoms with Gasteiger partial charge < -0.3 is 0 Å². The molecule has 0 saturated heterocycles. The molecule has 0 bridgehead atoms. The standard InChI is InChI=1S/C10H6BrF3O2S/c1-17(15,16)3-2-7-4-8(10(12,13)14)6-9(11)5-7/h4-6H,1H3. The van der Waals surface area contributed by atoms with Crippen molar-refractivity contribution >= 4 is 25.8 Å². The minimum absolute atomic E-state index is 0.0166. The molecule has 0 fully saturated rings. The Hall–Kier alpha value is -1.00. The van der Waals surface area contributed by atoms with E-state index in [0.29, 0.717) is 0 Å². The molecule has 7 heteroatoms. The number of benzene rings is 1.